The van der Waals surface area contributed by atoms with Crippen molar-refractivity contribution in [1.82, 2.24) is 39.8 Å². The van der Waals surface area contributed by atoms with E-state index in [-0.39, 0.29) is 17.6 Å². The molecule has 8 rings (SSSR count). The van der Waals surface area contributed by atoms with E-state index in [2.05, 4.69) is 15.3 Å². The number of nitrogens with one attached hydrogen (secondary N) is 1. The third-order valence-corrected chi connectivity index (χ3v) is 11.1. The number of fused-ring (bicyclic) bond motifs is 3. The summed E-state index contributed by atoms with van der Waals surface area (Å²) in [5.74, 6) is 1.40. The predicted octanol–water partition coefficient (Wildman–Crippen LogP) is 5.16. The highest BCUT2D eigenvalue weighted by molar-refractivity contribution is 7.09. The lowest BCUT2D eigenvalue weighted by atomic mass is 10.0. The van der Waals surface area contributed by atoms with Crippen molar-refractivity contribution in [3.05, 3.63) is 45.6 Å². The van der Waals surface area contributed by atoms with Crippen molar-refractivity contribution >= 4 is 56.9 Å². The third-order valence-electron chi connectivity index (χ3n) is 9.51. The molecule has 0 spiro atoms. The number of halogens is 1. The van der Waals surface area contributed by atoms with Gasteiger partial charge in [0.1, 0.15) is 22.0 Å². The molecule has 1 aromatic carbocycles. The van der Waals surface area contributed by atoms with Gasteiger partial charge in [-0.1, -0.05) is 11.6 Å². The number of benzene rings is 1. The first-order valence-electron chi connectivity index (χ1n) is 15.0. The van der Waals surface area contributed by atoms with Crippen LogP contribution in [-0.4, -0.2) is 72.0 Å². The van der Waals surface area contributed by atoms with Gasteiger partial charge in [-0.15, -0.1) is 11.3 Å². The maximum atomic E-state index is 11.5. The number of anilines is 1. The quantitative estimate of drug-likeness (QED) is 0.260. The van der Waals surface area contributed by atoms with E-state index < -0.39 is 6.09 Å². The second-order valence-corrected chi connectivity index (χ2v) is 13.4. The van der Waals surface area contributed by atoms with Crippen LogP contribution in [0.25, 0.3) is 33.3 Å². The van der Waals surface area contributed by atoms with Crippen LogP contribution in [-0.2, 0) is 17.2 Å². The van der Waals surface area contributed by atoms with Crippen molar-refractivity contribution in [2.24, 2.45) is 18.9 Å². The van der Waals surface area contributed by atoms with Crippen molar-refractivity contribution in [3.63, 3.8) is 0 Å². The Morgan fingerprint density at radius 1 is 1.23 bits per heavy atom. The first-order valence-corrected chi connectivity index (χ1v) is 16.2. The van der Waals surface area contributed by atoms with Gasteiger partial charge in [0.25, 0.3) is 0 Å². The van der Waals surface area contributed by atoms with Crippen molar-refractivity contribution in [1.29, 1.82) is 0 Å². The molecule has 1 aliphatic carbocycles. The third kappa shape index (κ3) is 4.35. The van der Waals surface area contributed by atoms with Crippen molar-refractivity contribution in [2.45, 2.75) is 44.2 Å². The summed E-state index contributed by atoms with van der Waals surface area (Å²) in [6, 6.07) is 3.90. The molecule has 4 atom stereocenters. The van der Waals surface area contributed by atoms with Gasteiger partial charge in [-0.25, -0.2) is 24.4 Å². The molecule has 2 aliphatic heterocycles. The molecule has 1 saturated carbocycles. The summed E-state index contributed by atoms with van der Waals surface area (Å²) in [7, 11) is 1.88. The van der Waals surface area contributed by atoms with Crippen molar-refractivity contribution in [2.75, 3.05) is 31.1 Å². The average molecular weight is 634 g/mol. The number of aryl methyl sites for hydroxylation is 2. The van der Waals surface area contributed by atoms with E-state index in [0.29, 0.717) is 40.9 Å². The molecule has 5 aromatic rings. The van der Waals surface area contributed by atoms with Gasteiger partial charge in [-0.05, 0) is 56.6 Å². The highest BCUT2D eigenvalue weighted by Crippen LogP contribution is 2.64. The number of piperidine rings is 1. The molecule has 44 heavy (non-hydrogen) atoms. The number of aromatic nitrogens is 7. The van der Waals surface area contributed by atoms with Gasteiger partial charge in [0, 0.05) is 66.9 Å². The smallest absolute Gasteiger partial charge is 0.404 e. The second-order valence-electron chi connectivity index (χ2n) is 12.1. The van der Waals surface area contributed by atoms with E-state index in [9.17, 15) is 9.90 Å². The van der Waals surface area contributed by atoms with Crippen LogP contribution < -0.4 is 10.2 Å². The molecule has 0 bridgehead atoms. The summed E-state index contributed by atoms with van der Waals surface area (Å²) in [5, 5.41) is 26.1. The molecular weight excluding hydrogens is 602 g/mol. The number of carboxylic acid groups (broad SMARTS) is 1. The normalized spacial score (nSPS) is 25.0. The van der Waals surface area contributed by atoms with Crippen LogP contribution in [0, 0.1) is 18.8 Å². The fourth-order valence-corrected chi connectivity index (χ4v) is 8.77. The van der Waals surface area contributed by atoms with Gasteiger partial charge in [-0.3, -0.25) is 4.68 Å². The number of thiazole rings is 1. The van der Waals surface area contributed by atoms with E-state index in [1.165, 1.54) is 0 Å². The van der Waals surface area contributed by atoms with E-state index in [1.54, 1.807) is 16.0 Å². The minimum absolute atomic E-state index is 0.234. The minimum atomic E-state index is -1.01. The maximum absolute atomic E-state index is 11.5. The van der Waals surface area contributed by atoms with Crippen LogP contribution in [0.2, 0.25) is 5.02 Å². The lowest BCUT2D eigenvalue weighted by molar-refractivity contribution is -0.0368. The van der Waals surface area contributed by atoms with Crippen LogP contribution in [0.1, 0.15) is 42.6 Å². The molecule has 3 aliphatic rings. The zero-order valence-electron chi connectivity index (χ0n) is 24.4. The van der Waals surface area contributed by atoms with Crippen LogP contribution in [0.5, 0.6) is 0 Å². The molecule has 228 valence electrons. The van der Waals surface area contributed by atoms with Gasteiger partial charge in [0.15, 0.2) is 11.9 Å². The standard InChI is InChI=1S/C30H32ClN9O3S/c1-16-14-44-28(34-16)30(15-33-29(41)42)19-8-9-39(13-20(19)30)22-11-32-26-25(17-6-7-21-18(24(17)31)12-38(2)36-21)37-40(27(26)35-22)23-5-3-4-10-43-23/h6-7,11-12,14,19-20,23,33H,3-5,8-10,13,15H2,1-2H3,(H,41,42)/t19-,20+,23?,30+/m1/s1. The summed E-state index contributed by atoms with van der Waals surface area (Å²) >= 11 is 8.57. The lowest BCUT2D eigenvalue weighted by Gasteiger charge is -2.27. The zero-order valence-corrected chi connectivity index (χ0v) is 26.0. The molecule has 2 saturated heterocycles. The molecule has 3 fully saturated rings. The molecule has 1 amide bonds. The molecule has 4 aromatic heterocycles. The first-order chi connectivity index (χ1) is 21.3. The van der Waals surface area contributed by atoms with Crippen LogP contribution >= 0.6 is 22.9 Å². The van der Waals surface area contributed by atoms with Gasteiger partial charge < -0.3 is 20.1 Å². The Morgan fingerprint density at radius 3 is 2.89 bits per heavy atom. The number of amides is 1. The fourth-order valence-electron chi connectivity index (χ4n) is 7.34. The Hall–Kier alpha value is -3.81. The second kappa shape index (κ2) is 10.4. The Morgan fingerprint density at radius 2 is 2.11 bits per heavy atom. The van der Waals surface area contributed by atoms with Crippen molar-refractivity contribution in [3.8, 4) is 11.3 Å². The fraction of sp³-hybridized carbons (Fsp3) is 0.467. The van der Waals surface area contributed by atoms with E-state index in [1.807, 2.05) is 48.6 Å². The van der Waals surface area contributed by atoms with Crippen LogP contribution in [0.4, 0.5) is 10.6 Å². The number of nitrogens with zero attached hydrogens (tertiary/aromatic N) is 8. The van der Waals surface area contributed by atoms with Crippen molar-refractivity contribution < 1.29 is 14.6 Å². The Balaban J connectivity index is 1.17. The molecule has 0 radical (unpaired) electrons. The largest absolute Gasteiger partial charge is 0.465 e. The SMILES string of the molecule is Cc1csc([C@@]2(CNC(=O)O)[C@@H]3CCN(c4cnc5c(-c6ccc7nn(C)cc7c6Cl)nn(C6CCCCO6)c5n4)C[C@@H]32)n1. The molecule has 1 unspecified atom stereocenters. The van der Waals surface area contributed by atoms with Gasteiger partial charge >= 0.3 is 6.09 Å². The number of hydrogen-bond donors (Lipinski definition) is 2. The Labute approximate surface area is 262 Å². The highest BCUT2D eigenvalue weighted by Gasteiger charge is 2.68. The van der Waals surface area contributed by atoms with Crippen LogP contribution in [0.15, 0.2) is 29.9 Å². The average Bonchev–Trinajstić information content (AvgIpc) is 3.38. The lowest BCUT2D eigenvalue weighted by Crippen LogP contribution is -2.35. The number of carbonyl (C=O) groups is 1. The summed E-state index contributed by atoms with van der Waals surface area (Å²) < 4.78 is 9.81. The molecule has 12 nitrogen and oxygen atoms in total. The zero-order chi connectivity index (χ0) is 30.2. The van der Waals surface area contributed by atoms with E-state index in [4.69, 9.17) is 36.4 Å². The molecule has 2 N–H and O–H groups in total. The minimum Gasteiger partial charge on any atom is -0.465 e. The Bertz CT molecular complexity index is 1910. The molecule has 6 heterocycles. The number of ether oxygens (including phenoxy) is 1. The van der Waals surface area contributed by atoms with Crippen LogP contribution in [0.3, 0.4) is 0 Å². The first kappa shape index (κ1) is 27.7. The predicted molar refractivity (Wildman–Crippen MR) is 167 cm³/mol. The van der Waals surface area contributed by atoms with E-state index >= 15 is 0 Å². The summed E-state index contributed by atoms with van der Waals surface area (Å²) in [6.45, 7) is 4.56. The summed E-state index contributed by atoms with van der Waals surface area (Å²) in [6.07, 6.45) is 6.33. The summed E-state index contributed by atoms with van der Waals surface area (Å²) in [4.78, 5) is 28.7. The van der Waals surface area contributed by atoms with Gasteiger partial charge in [0.2, 0.25) is 0 Å². The molecule has 14 heteroatoms. The maximum Gasteiger partial charge on any atom is 0.404 e. The monoisotopic (exact) mass is 633 g/mol. The highest BCUT2D eigenvalue weighted by atomic mass is 35.5. The summed E-state index contributed by atoms with van der Waals surface area (Å²) in [5.41, 5.74) is 4.28. The Kier molecular flexibility index (Phi) is 6.54. The van der Waals surface area contributed by atoms with Gasteiger partial charge in [-0.2, -0.15) is 10.2 Å². The number of hydrogen-bond acceptors (Lipinski definition) is 9. The topological polar surface area (TPSA) is 136 Å². The molecular formula is C30H32ClN9O3S. The number of rotatable bonds is 6. The van der Waals surface area contributed by atoms with E-state index in [0.717, 1.165) is 71.8 Å². The van der Waals surface area contributed by atoms with Gasteiger partial charge in [0.05, 0.1) is 16.7 Å².